The Hall–Kier alpha value is -2.49. The molecule has 0 aliphatic carbocycles. The number of aliphatic carboxylic acids is 1. The van der Waals surface area contributed by atoms with Crippen molar-refractivity contribution in [2.75, 3.05) is 7.11 Å². The van der Waals surface area contributed by atoms with Crippen molar-refractivity contribution in [3.8, 4) is 11.5 Å². The zero-order valence-corrected chi connectivity index (χ0v) is 20.7. The molecule has 1 N–H and O–H groups in total. The second-order valence-corrected chi connectivity index (χ2v) is 9.39. The van der Waals surface area contributed by atoms with E-state index in [1.54, 1.807) is 20.1 Å². The molecule has 0 fully saturated rings. The average molecular weight is 441 g/mol. The summed E-state index contributed by atoms with van der Waals surface area (Å²) >= 11 is 0. The van der Waals surface area contributed by atoms with Crippen LogP contribution < -0.4 is 9.47 Å². The van der Waals surface area contributed by atoms with Crippen molar-refractivity contribution in [3.05, 3.63) is 58.2 Å². The summed E-state index contributed by atoms with van der Waals surface area (Å²) in [6.45, 7) is 10.3. The smallest absolute Gasteiger partial charge is 0.330 e. The van der Waals surface area contributed by atoms with Gasteiger partial charge in [-0.3, -0.25) is 0 Å². The van der Waals surface area contributed by atoms with E-state index < -0.39 is 5.97 Å². The van der Waals surface area contributed by atoms with E-state index in [2.05, 4.69) is 45.9 Å². The Morgan fingerprint density at radius 3 is 2.34 bits per heavy atom. The minimum absolute atomic E-state index is 0.124. The summed E-state index contributed by atoms with van der Waals surface area (Å²) in [6.07, 6.45) is 14.3. The predicted octanol–water partition coefficient (Wildman–Crippen LogP) is 7.35. The minimum atomic E-state index is -0.834. The molecule has 1 aliphatic heterocycles. The molecule has 0 saturated carbocycles. The van der Waals surface area contributed by atoms with Crippen molar-refractivity contribution in [1.29, 1.82) is 0 Å². The number of hydrogen-bond donors (Lipinski definition) is 1. The molecule has 0 saturated heterocycles. The van der Waals surface area contributed by atoms with E-state index in [1.807, 2.05) is 6.07 Å². The maximum absolute atomic E-state index is 10.8. The third-order valence-corrected chi connectivity index (χ3v) is 6.36. The van der Waals surface area contributed by atoms with Gasteiger partial charge in [-0.05, 0) is 109 Å². The maximum Gasteiger partial charge on any atom is 0.330 e. The van der Waals surface area contributed by atoms with Crippen LogP contribution in [-0.2, 0) is 11.2 Å². The lowest BCUT2D eigenvalue weighted by Crippen LogP contribution is -2.36. The normalized spacial score (nSPS) is 19.4. The fraction of sp³-hybridized carbons (Fsp3) is 0.536. The van der Waals surface area contributed by atoms with Gasteiger partial charge in [-0.25, -0.2) is 4.79 Å². The van der Waals surface area contributed by atoms with Crippen LogP contribution in [0.3, 0.4) is 0 Å². The summed E-state index contributed by atoms with van der Waals surface area (Å²) in [7, 11) is 1.71. The van der Waals surface area contributed by atoms with Gasteiger partial charge >= 0.3 is 5.97 Å². The number of methoxy groups -OCH3 is 1. The largest absolute Gasteiger partial charge is 0.497 e. The molecule has 0 bridgehead atoms. The molecule has 1 unspecified atom stereocenters. The molecule has 4 heteroatoms. The van der Waals surface area contributed by atoms with E-state index >= 15 is 0 Å². The third kappa shape index (κ3) is 7.89. The molecule has 1 aliphatic rings. The maximum atomic E-state index is 10.8. The minimum Gasteiger partial charge on any atom is -0.497 e. The fourth-order valence-electron chi connectivity index (χ4n) is 4.11. The van der Waals surface area contributed by atoms with Crippen LogP contribution in [0.25, 0.3) is 0 Å². The van der Waals surface area contributed by atoms with Crippen molar-refractivity contribution in [3.63, 3.8) is 0 Å². The van der Waals surface area contributed by atoms with Gasteiger partial charge in [0.1, 0.15) is 17.1 Å². The number of hydrogen-bond acceptors (Lipinski definition) is 3. The number of carbonyl (C=O) groups is 1. The molecule has 0 spiro atoms. The Morgan fingerprint density at radius 2 is 1.72 bits per heavy atom. The van der Waals surface area contributed by atoms with Crippen LogP contribution in [0, 0.1) is 6.92 Å². The summed E-state index contributed by atoms with van der Waals surface area (Å²) in [6, 6.07) is 4.15. The standard InChI is InChI=1S/C28H40O4/c1-20(12-8-14-22(3)27(29)30)10-7-11-21(2)13-9-16-28(5)17-15-24-19-25(31-6)18-23(4)26(24)32-28/h10,13-14,18-19H,7-9,11-12,15-17H2,1-6H3,(H,29,30)/b20-10+,21-13+,22-14+. The van der Waals surface area contributed by atoms with Gasteiger partial charge < -0.3 is 14.6 Å². The molecule has 1 heterocycles. The number of aryl methyl sites for hydroxylation is 2. The Labute approximate surface area is 194 Å². The van der Waals surface area contributed by atoms with Crippen LogP contribution in [-0.4, -0.2) is 23.8 Å². The lowest BCUT2D eigenvalue weighted by molar-refractivity contribution is -0.132. The molecule has 176 valence electrons. The molecule has 32 heavy (non-hydrogen) atoms. The van der Waals surface area contributed by atoms with Crippen molar-refractivity contribution in [1.82, 2.24) is 0 Å². The number of ether oxygens (including phenoxy) is 2. The highest BCUT2D eigenvalue weighted by Gasteiger charge is 2.32. The summed E-state index contributed by atoms with van der Waals surface area (Å²) < 4.78 is 11.9. The highest BCUT2D eigenvalue weighted by atomic mass is 16.5. The number of benzene rings is 1. The first-order valence-electron chi connectivity index (χ1n) is 11.7. The van der Waals surface area contributed by atoms with Gasteiger partial charge in [0.2, 0.25) is 0 Å². The SMILES string of the molecule is COc1cc(C)c2c(c1)CCC(C)(CC/C=C(\C)CC/C=C(\C)CC/C=C(\C)C(=O)O)O2. The van der Waals surface area contributed by atoms with Gasteiger partial charge in [0, 0.05) is 5.57 Å². The van der Waals surface area contributed by atoms with E-state index in [1.165, 1.54) is 16.7 Å². The first kappa shape index (κ1) is 25.8. The van der Waals surface area contributed by atoms with E-state index in [-0.39, 0.29) is 5.60 Å². The molecule has 2 rings (SSSR count). The highest BCUT2D eigenvalue weighted by molar-refractivity contribution is 5.85. The molecule has 1 aromatic rings. The number of carboxylic acid groups (broad SMARTS) is 1. The van der Waals surface area contributed by atoms with E-state index in [4.69, 9.17) is 14.6 Å². The van der Waals surface area contributed by atoms with Crippen LogP contribution >= 0.6 is 0 Å². The predicted molar refractivity (Wildman–Crippen MR) is 132 cm³/mol. The topological polar surface area (TPSA) is 55.8 Å². The lowest BCUT2D eigenvalue weighted by Gasteiger charge is -2.37. The monoisotopic (exact) mass is 440 g/mol. The molecule has 0 amide bonds. The van der Waals surface area contributed by atoms with Crippen LogP contribution in [0.15, 0.2) is 47.1 Å². The van der Waals surface area contributed by atoms with Crippen LogP contribution in [0.1, 0.15) is 83.8 Å². The van der Waals surface area contributed by atoms with E-state index in [0.717, 1.165) is 68.4 Å². The quantitative estimate of drug-likeness (QED) is 0.289. The van der Waals surface area contributed by atoms with Crippen LogP contribution in [0.2, 0.25) is 0 Å². The third-order valence-electron chi connectivity index (χ3n) is 6.36. The molecular weight excluding hydrogens is 400 g/mol. The zero-order valence-electron chi connectivity index (χ0n) is 20.7. The Kier molecular flexibility index (Phi) is 9.61. The molecule has 0 aromatic heterocycles. The zero-order chi connectivity index (χ0) is 23.7. The average Bonchev–Trinajstić information content (AvgIpc) is 2.74. The van der Waals surface area contributed by atoms with Crippen molar-refractivity contribution < 1.29 is 19.4 Å². The van der Waals surface area contributed by atoms with Crippen molar-refractivity contribution in [2.45, 2.75) is 91.6 Å². The summed E-state index contributed by atoms with van der Waals surface area (Å²) in [5.74, 6) is 1.11. The highest BCUT2D eigenvalue weighted by Crippen LogP contribution is 2.40. The van der Waals surface area contributed by atoms with Crippen LogP contribution in [0.4, 0.5) is 0 Å². The first-order chi connectivity index (χ1) is 15.1. The number of allylic oxidation sites excluding steroid dienone is 5. The number of rotatable bonds is 11. The summed E-state index contributed by atoms with van der Waals surface area (Å²) in [4.78, 5) is 10.8. The molecular formula is C28H40O4. The molecule has 1 aromatic carbocycles. The van der Waals surface area contributed by atoms with Gasteiger partial charge in [-0.2, -0.15) is 0 Å². The van der Waals surface area contributed by atoms with Gasteiger partial charge in [-0.1, -0.05) is 29.4 Å². The Balaban J connectivity index is 1.79. The molecule has 0 radical (unpaired) electrons. The van der Waals surface area contributed by atoms with Gasteiger partial charge in [0.05, 0.1) is 7.11 Å². The molecule has 4 nitrogen and oxygen atoms in total. The van der Waals surface area contributed by atoms with Crippen molar-refractivity contribution >= 4 is 5.97 Å². The number of fused-ring (bicyclic) bond motifs is 1. The van der Waals surface area contributed by atoms with Crippen molar-refractivity contribution in [2.24, 2.45) is 0 Å². The molecule has 1 atom stereocenters. The fourth-order valence-corrected chi connectivity index (χ4v) is 4.11. The number of carboxylic acids is 1. The van der Waals surface area contributed by atoms with Gasteiger partial charge in [-0.15, -0.1) is 0 Å². The Bertz CT molecular complexity index is 891. The van der Waals surface area contributed by atoms with E-state index in [0.29, 0.717) is 5.57 Å². The van der Waals surface area contributed by atoms with Gasteiger partial charge in [0.25, 0.3) is 0 Å². The second kappa shape index (κ2) is 11.9. The second-order valence-electron chi connectivity index (χ2n) is 9.39. The Morgan fingerprint density at radius 1 is 1.09 bits per heavy atom. The van der Waals surface area contributed by atoms with Gasteiger partial charge in [0.15, 0.2) is 0 Å². The van der Waals surface area contributed by atoms with Crippen LogP contribution in [0.5, 0.6) is 11.5 Å². The first-order valence-corrected chi connectivity index (χ1v) is 11.7. The lowest BCUT2D eigenvalue weighted by atomic mass is 9.87. The summed E-state index contributed by atoms with van der Waals surface area (Å²) in [5, 5.41) is 8.89. The summed E-state index contributed by atoms with van der Waals surface area (Å²) in [5.41, 5.74) is 5.43. The van der Waals surface area contributed by atoms with E-state index in [9.17, 15) is 4.79 Å².